The molecule has 0 radical (unpaired) electrons. The van der Waals surface area contributed by atoms with Gasteiger partial charge in [-0.1, -0.05) is 0 Å². The summed E-state index contributed by atoms with van der Waals surface area (Å²) < 4.78 is 1.66. The van der Waals surface area contributed by atoms with Gasteiger partial charge in [0.05, 0.1) is 0 Å². The first kappa shape index (κ1) is 12.2. The van der Waals surface area contributed by atoms with Crippen molar-refractivity contribution in [2.45, 2.75) is 26.2 Å². The first-order chi connectivity index (χ1) is 7.49. The molecule has 6 nitrogen and oxygen atoms in total. The first-order valence-electron chi connectivity index (χ1n) is 5.01. The molecule has 0 saturated heterocycles. The number of carbonyl (C=O) groups is 2. The minimum atomic E-state index is -0.888. The molecule has 0 atom stereocenters. The molecule has 6 heteroatoms. The molecule has 0 saturated carbocycles. The van der Waals surface area contributed by atoms with E-state index in [2.05, 4.69) is 10.4 Å². The summed E-state index contributed by atoms with van der Waals surface area (Å²) >= 11 is 0. The van der Waals surface area contributed by atoms with Gasteiger partial charge in [0.15, 0.2) is 5.82 Å². The fourth-order valence-electron chi connectivity index (χ4n) is 1.23. The Morgan fingerprint density at radius 3 is 2.69 bits per heavy atom. The molecular formula is C10H15N3O3. The number of carboxylic acid groups (broad SMARTS) is 1. The topological polar surface area (TPSA) is 84.2 Å². The Hall–Kier alpha value is -1.85. The van der Waals surface area contributed by atoms with Gasteiger partial charge in [0.1, 0.15) is 0 Å². The van der Waals surface area contributed by atoms with Crippen LogP contribution in [0.15, 0.2) is 6.07 Å². The van der Waals surface area contributed by atoms with Gasteiger partial charge in [-0.15, -0.1) is 0 Å². The number of anilines is 1. The molecule has 0 aliphatic heterocycles. The van der Waals surface area contributed by atoms with Crippen LogP contribution in [0, 0.1) is 6.92 Å². The van der Waals surface area contributed by atoms with Crippen LogP contribution >= 0.6 is 0 Å². The quantitative estimate of drug-likeness (QED) is 0.780. The molecule has 1 aromatic rings. The molecule has 0 aliphatic rings. The van der Waals surface area contributed by atoms with Crippen molar-refractivity contribution in [2.24, 2.45) is 7.05 Å². The van der Waals surface area contributed by atoms with Crippen LogP contribution in [0.3, 0.4) is 0 Å². The minimum Gasteiger partial charge on any atom is -0.481 e. The van der Waals surface area contributed by atoms with Gasteiger partial charge in [-0.25, -0.2) is 0 Å². The lowest BCUT2D eigenvalue weighted by atomic mass is 10.2. The summed E-state index contributed by atoms with van der Waals surface area (Å²) in [6.07, 6.45) is 0.545. The first-order valence-corrected chi connectivity index (χ1v) is 5.01. The number of amides is 1. The van der Waals surface area contributed by atoms with Gasteiger partial charge in [-0.2, -0.15) is 5.10 Å². The maximum absolute atomic E-state index is 11.4. The van der Waals surface area contributed by atoms with E-state index in [0.29, 0.717) is 12.2 Å². The zero-order valence-electron chi connectivity index (χ0n) is 9.36. The van der Waals surface area contributed by atoms with Crippen LogP contribution in [0.4, 0.5) is 5.82 Å². The summed E-state index contributed by atoms with van der Waals surface area (Å²) in [7, 11) is 1.79. The van der Waals surface area contributed by atoms with E-state index in [4.69, 9.17) is 5.11 Å². The van der Waals surface area contributed by atoms with Crippen molar-refractivity contribution in [3.8, 4) is 0 Å². The Morgan fingerprint density at radius 2 is 2.19 bits per heavy atom. The van der Waals surface area contributed by atoms with Gasteiger partial charge in [-0.3, -0.25) is 14.3 Å². The van der Waals surface area contributed by atoms with E-state index in [1.165, 1.54) is 0 Å². The minimum absolute atomic E-state index is 0.00860. The third-order valence-corrected chi connectivity index (χ3v) is 2.18. The lowest BCUT2D eigenvalue weighted by Gasteiger charge is -1.99. The highest BCUT2D eigenvalue weighted by atomic mass is 16.4. The average Bonchev–Trinajstić information content (AvgIpc) is 2.44. The summed E-state index contributed by atoms with van der Waals surface area (Å²) in [4.78, 5) is 21.6. The second-order valence-corrected chi connectivity index (χ2v) is 3.59. The number of nitrogens with zero attached hydrogens (tertiary/aromatic N) is 2. The summed E-state index contributed by atoms with van der Waals surface area (Å²) in [5.41, 5.74) is 0.945. The Kier molecular flexibility index (Phi) is 4.04. The number of hydrogen-bond acceptors (Lipinski definition) is 3. The summed E-state index contributed by atoms with van der Waals surface area (Å²) in [6, 6.07) is 1.76. The smallest absolute Gasteiger partial charge is 0.303 e. The Bertz CT molecular complexity index is 379. The van der Waals surface area contributed by atoms with Gasteiger partial charge in [0.2, 0.25) is 5.91 Å². The van der Waals surface area contributed by atoms with Crippen LogP contribution in [0.5, 0.6) is 0 Å². The predicted octanol–water partition coefficient (Wildman–Crippen LogP) is 0.922. The fourth-order valence-corrected chi connectivity index (χ4v) is 1.23. The number of hydrogen-bond donors (Lipinski definition) is 2. The zero-order chi connectivity index (χ0) is 12.1. The molecule has 0 unspecified atom stereocenters. The van der Waals surface area contributed by atoms with Gasteiger partial charge in [-0.05, 0) is 13.3 Å². The second-order valence-electron chi connectivity index (χ2n) is 3.59. The van der Waals surface area contributed by atoms with Crippen LogP contribution in [0.25, 0.3) is 0 Å². The molecule has 0 bridgehead atoms. The van der Waals surface area contributed by atoms with Crippen LogP contribution < -0.4 is 5.32 Å². The van der Waals surface area contributed by atoms with Crippen molar-refractivity contribution in [3.05, 3.63) is 11.8 Å². The second kappa shape index (κ2) is 5.29. The molecule has 0 spiro atoms. The van der Waals surface area contributed by atoms with Crippen molar-refractivity contribution in [3.63, 3.8) is 0 Å². The molecule has 0 aromatic carbocycles. The molecule has 1 heterocycles. The molecule has 16 heavy (non-hydrogen) atoms. The molecule has 1 amide bonds. The van der Waals surface area contributed by atoms with Crippen molar-refractivity contribution in [2.75, 3.05) is 5.32 Å². The molecule has 1 rings (SSSR count). The van der Waals surface area contributed by atoms with Crippen LogP contribution in [0.1, 0.15) is 25.0 Å². The van der Waals surface area contributed by atoms with Crippen molar-refractivity contribution < 1.29 is 14.7 Å². The normalized spacial score (nSPS) is 10.1. The van der Waals surface area contributed by atoms with E-state index < -0.39 is 5.97 Å². The third kappa shape index (κ3) is 3.72. The Labute approximate surface area is 93.3 Å². The Morgan fingerprint density at radius 1 is 1.50 bits per heavy atom. The van der Waals surface area contributed by atoms with Crippen LogP contribution in [0.2, 0.25) is 0 Å². The highest BCUT2D eigenvalue weighted by Crippen LogP contribution is 2.07. The lowest BCUT2D eigenvalue weighted by Crippen LogP contribution is -2.12. The summed E-state index contributed by atoms with van der Waals surface area (Å²) in [5, 5.41) is 15.1. The van der Waals surface area contributed by atoms with Crippen LogP contribution in [-0.2, 0) is 16.6 Å². The van der Waals surface area contributed by atoms with Crippen molar-refractivity contribution in [1.29, 1.82) is 0 Å². The summed E-state index contributed by atoms with van der Waals surface area (Å²) in [5.74, 6) is -0.596. The molecular weight excluding hydrogens is 210 g/mol. The van der Waals surface area contributed by atoms with Gasteiger partial charge in [0.25, 0.3) is 0 Å². The van der Waals surface area contributed by atoms with E-state index in [1.807, 2.05) is 6.92 Å². The number of carboxylic acids is 1. The zero-order valence-corrected chi connectivity index (χ0v) is 9.36. The predicted molar refractivity (Wildman–Crippen MR) is 58.1 cm³/mol. The Balaban J connectivity index is 2.37. The number of aryl methyl sites for hydroxylation is 2. The SMILES string of the molecule is Cc1cc(NC(=O)CCCC(=O)O)nn1C. The number of aromatic nitrogens is 2. The highest BCUT2D eigenvalue weighted by molar-refractivity contribution is 5.89. The third-order valence-electron chi connectivity index (χ3n) is 2.18. The molecule has 1 aromatic heterocycles. The lowest BCUT2D eigenvalue weighted by molar-refractivity contribution is -0.137. The van der Waals surface area contributed by atoms with E-state index in [9.17, 15) is 9.59 Å². The molecule has 0 aliphatic carbocycles. The maximum Gasteiger partial charge on any atom is 0.303 e. The number of aliphatic carboxylic acids is 1. The van der Waals surface area contributed by atoms with Crippen molar-refractivity contribution in [1.82, 2.24) is 9.78 Å². The fraction of sp³-hybridized carbons (Fsp3) is 0.500. The van der Waals surface area contributed by atoms with Crippen LogP contribution in [-0.4, -0.2) is 26.8 Å². The monoisotopic (exact) mass is 225 g/mol. The van der Waals surface area contributed by atoms with Gasteiger partial charge in [0, 0.05) is 31.6 Å². The van der Waals surface area contributed by atoms with E-state index >= 15 is 0 Å². The largest absolute Gasteiger partial charge is 0.481 e. The van der Waals surface area contributed by atoms with E-state index in [1.54, 1.807) is 17.8 Å². The summed E-state index contributed by atoms with van der Waals surface area (Å²) in [6.45, 7) is 1.88. The average molecular weight is 225 g/mol. The molecule has 0 fully saturated rings. The maximum atomic E-state index is 11.4. The molecule has 88 valence electrons. The van der Waals surface area contributed by atoms with Gasteiger partial charge >= 0.3 is 5.97 Å². The highest BCUT2D eigenvalue weighted by Gasteiger charge is 2.07. The van der Waals surface area contributed by atoms with E-state index in [0.717, 1.165) is 5.69 Å². The standard InChI is InChI=1S/C10H15N3O3/c1-7-6-8(12-13(7)2)11-9(14)4-3-5-10(15)16/h6H,3-5H2,1-2H3,(H,15,16)(H,11,12,14). The number of carbonyl (C=O) groups excluding carboxylic acids is 1. The van der Waals surface area contributed by atoms with Crippen molar-refractivity contribution >= 4 is 17.7 Å². The van der Waals surface area contributed by atoms with E-state index in [-0.39, 0.29) is 18.7 Å². The number of nitrogens with one attached hydrogen (secondary N) is 1. The van der Waals surface area contributed by atoms with Gasteiger partial charge < -0.3 is 10.4 Å². The number of rotatable bonds is 5. The molecule has 2 N–H and O–H groups in total.